The van der Waals surface area contributed by atoms with Gasteiger partial charge in [0.1, 0.15) is 17.6 Å². The van der Waals surface area contributed by atoms with E-state index >= 15 is 0 Å². The molecule has 4 heterocycles. The van der Waals surface area contributed by atoms with Gasteiger partial charge in [-0.15, -0.1) is 0 Å². The first-order valence-electron chi connectivity index (χ1n) is 12.5. The van der Waals surface area contributed by atoms with Gasteiger partial charge in [-0.2, -0.15) is 13.9 Å². The minimum Gasteiger partial charge on any atom is -0.488 e. The van der Waals surface area contributed by atoms with E-state index in [9.17, 15) is 23.2 Å². The van der Waals surface area contributed by atoms with Crippen LogP contribution in [0.15, 0.2) is 54.7 Å². The number of carbonyl (C=O) groups is 3. The van der Waals surface area contributed by atoms with Gasteiger partial charge in [0, 0.05) is 37.8 Å². The minimum atomic E-state index is -2.86. The molecule has 2 aromatic carbocycles. The molecule has 0 spiro atoms. The highest BCUT2D eigenvalue weighted by atomic mass is 19.3. The first-order valence-corrected chi connectivity index (χ1v) is 12.5. The summed E-state index contributed by atoms with van der Waals surface area (Å²) in [4.78, 5) is 40.1. The molecule has 0 radical (unpaired) electrons. The van der Waals surface area contributed by atoms with Crippen molar-refractivity contribution in [3.8, 4) is 11.5 Å². The number of aromatic nitrogens is 2. The molecule has 204 valence electrons. The maximum Gasteiger partial charge on any atom is 0.333 e. The molecule has 4 bridgehead atoms. The van der Waals surface area contributed by atoms with Crippen LogP contribution in [0.4, 0.5) is 8.78 Å². The summed E-state index contributed by atoms with van der Waals surface area (Å²) >= 11 is 0. The Morgan fingerprint density at radius 2 is 1.92 bits per heavy atom. The summed E-state index contributed by atoms with van der Waals surface area (Å²) in [7, 11) is 0. The van der Waals surface area contributed by atoms with E-state index in [1.807, 2.05) is 19.1 Å². The molecule has 3 amide bonds. The Kier molecular flexibility index (Phi) is 7.44. The number of halogens is 2. The molecule has 3 aliphatic rings. The van der Waals surface area contributed by atoms with Crippen LogP contribution in [0.3, 0.4) is 0 Å². The van der Waals surface area contributed by atoms with Crippen molar-refractivity contribution in [1.29, 1.82) is 0 Å². The van der Waals surface area contributed by atoms with Crippen molar-refractivity contribution in [3.05, 3.63) is 77.1 Å². The van der Waals surface area contributed by atoms with Crippen molar-refractivity contribution in [2.75, 3.05) is 19.7 Å². The SMILES string of the molecule is Cc1ccc2cc1OCC(=O)NCc1ccc(cc1)O[C@H]1CCN(C(=O)c3ccn(C(F)F)n3)C[C@@H]1NC2=O. The number of amides is 3. The molecule has 0 aliphatic carbocycles. The second-order valence-corrected chi connectivity index (χ2v) is 9.42. The Bertz CT molecular complexity index is 1380. The fourth-order valence-corrected chi connectivity index (χ4v) is 4.52. The number of alkyl halides is 2. The fourth-order valence-electron chi connectivity index (χ4n) is 4.52. The molecule has 3 aliphatic heterocycles. The van der Waals surface area contributed by atoms with Crippen molar-refractivity contribution in [2.24, 2.45) is 0 Å². The van der Waals surface area contributed by atoms with Gasteiger partial charge in [-0.1, -0.05) is 18.2 Å². The quantitative estimate of drug-likeness (QED) is 0.518. The number of benzene rings is 2. The maximum absolute atomic E-state index is 13.3. The van der Waals surface area contributed by atoms with Crippen LogP contribution in [0, 0.1) is 6.92 Å². The van der Waals surface area contributed by atoms with Gasteiger partial charge in [-0.3, -0.25) is 14.4 Å². The summed E-state index contributed by atoms with van der Waals surface area (Å²) in [5.41, 5.74) is 1.82. The number of hydrogen-bond acceptors (Lipinski definition) is 6. The molecule has 3 aromatic rings. The van der Waals surface area contributed by atoms with E-state index in [0.29, 0.717) is 34.7 Å². The fraction of sp³-hybridized carbons (Fsp3) is 0.333. The van der Waals surface area contributed by atoms with Gasteiger partial charge < -0.3 is 25.0 Å². The molecule has 12 heteroatoms. The largest absolute Gasteiger partial charge is 0.488 e. The topological polar surface area (TPSA) is 115 Å². The van der Waals surface area contributed by atoms with Crippen LogP contribution in [-0.2, 0) is 11.3 Å². The van der Waals surface area contributed by atoms with Gasteiger partial charge in [0.15, 0.2) is 12.3 Å². The highest BCUT2D eigenvalue weighted by Crippen LogP contribution is 2.24. The first-order chi connectivity index (χ1) is 18.8. The van der Waals surface area contributed by atoms with Gasteiger partial charge in [0.2, 0.25) is 0 Å². The molecule has 2 atom stereocenters. The predicted molar refractivity (Wildman–Crippen MR) is 135 cm³/mol. The molecule has 1 fully saturated rings. The molecule has 0 saturated carbocycles. The molecular weight excluding hydrogens is 512 g/mol. The molecule has 0 unspecified atom stereocenters. The van der Waals surface area contributed by atoms with Gasteiger partial charge in [-0.05, 0) is 48.4 Å². The van der Waals surface area contributed by atoms with Crippen molar-refractivity contribution < 1.29 is 32.6 Å². The van der Waals surface area contributed by atoms with E-state index in [4.69, 9.17) is 9.47 Å². The first kappa shape index (κ1) is 26.1. The summed E-state index contributed by atoms with van der Waals surface area (Å²) in [6.07, 6.45) is 0.958. The van der Waals surface area contributed by atoms with E-state index in [1.165, 1.54) is 11.0 Å². The summed E-state index contributed by atoms with van der Waals surface area (Å²) in [5, 5.41) is 9.45. The van der Waals surface area contributed by atoms with E-state index in [2.05, 4.69) is 15.7 Å². The number of nitrogens with zero attached hydrogens (tertiary/aromatic N) is 3. The molecule has 2 N–H and O–H groups in total. The van der Waals surface area contributed by atoms with Crippen LogP contribution in [-0.4, -0.2) is 64.2 Å². The second kappa shape index (κ2) is 11.1. The standard InChI is InChI=1S/C27H27F2N5O5/c1-16-2-5-18-12-23(16)38-15-24(35)30-13-17-3-6-19(7-4-17)39-22-9-10-33(14-21(22)31-25(18)36)26(37)20-8-11-34(32-20)27(28)29/h2-8,11-12,21-22,27H,9-10,13-15H2,1H3,(H,30,35)(H,31,36)/t21-,22-/m0/s1. The Balaban J connectivity index is 1.42. The lowest BCUT2D eigenvalue weighted by Crippen LogP contribution is -2.58. The number of aryl methyl sites for hydroxylation is 1. The summed E-state index contributed by atoms with van der Waals surface area (Å²) in [6, 6.07) is 12.8. The summed E-state index contributed by atoms with van der Waals surface area (Å²) < 4.78 is 38.3. The number of rotatable bonds is 2. The number of fused-ring (bicyclic) bond motifs is 7. The third-order valence-corrected chi connectivity index (χ3v) is 6.69. The van der Waals surface area contributed by atoms with Gasteiger partial charge in [-0.25, -0.2) is 4.68 Å². The minimum absolute atomic E-state index is 0.0858. The average Bonchev–Trinajstić information content (AvgIpc) is 3.43. The lowest BCUT2D eigenvalue weighted by Gasteiger charge is -2.38. The van der Waals surface area contributed by atoms with Crippen molar-refractivity contribution in [2.45, 2.75) is 38.6 Å². The van der Waals surface area contributed by atoms with Gasteiger partial charge in [0.05, 0.1) is 6.04 Å². The zero-order chi connectivity index (χ0) is 27.5. The zero-order valence-electron chi connectivity index (χ0n) is 21.1. The van der Waals surface area contributed by atoms with Crippen LogP contribution in [0.25, 0.3) is 0 Å². The van der Waals surface area contributed by atoms with Crippen LogP contribution in [0.5, 0.6) is 11.5 Å². The third-order valence-electron chi connectivity index (χ3n) is 6.69. The summed E-state index contributed by atoms with van der Waals surface area (Å²) in [6.45, 7) is -0.580. The Hall–Kier alpha value is -4.48. The average molecular weight is 540 g/mol. The number of nitrogens with one attached hydrogen (secondary N) is 2. The Morgan fingerprint density at radius 3 is 2.67 bits per heavy atom. The lowest BCUT2D eigenvalue weighted by atomic mass is 10.0. The van der Waals surface area contributed by atoms with Crippen LogP contribution >= 0.6 is 0 Å². The summed E-state index contributed by atoms with van der Waals surface area (Å²) in [5.74, 6) is -0.274. The van der Waals surface area contributed by atoms with Crippen LogP contribution in [0.1, 0.15) is 44.9 Å². The van der Waals surface area contributed by atoms with Crippen molar-refractivity contribution in [1.82, 2.24) is 25.3 Å². The molecule has 39 heavy (non-hydrogen) atoms. The lowest BCUT2D eigenvalue weighted by molar-refractivity contribution is -0.123. The van der Waals surface area contributed by atoms with E-state index in [-0.39, 0.29) is 31.3 Å². The van der Waals surface area contributed by atoms with E-state index < -0.39 is 30.5 Å². The number of carbonyl (C=O) groups excluding carboxylic acids is 3. The van der Waals surface area contributed by atoms with Crippen LogP contribution < -0.4 is 20.1 Å². The zero-order valence-corrected chi connectivity index (χ0v) is 21.1. The van der Waals surface area contributed by atoms with Crippen molar-refractivity contribution >= 4 is 17.7 Å². The van der Waals surface area contributed by atoms with E-state index in [0.717, 1.165) is 17.3 Å². The van der Waals surface area contributed by atoms with Crippen LogP contribution in [0.2, 0.25) is 0 Å². The number of likely N-dealkylation sites (tertiary alicyclic amines) is 1. The normalized spacial score (nSPS) is 19.8. The highest BCUT2D eigenvalue weighted by molar-refractivity contribution is 5.95. The monoisotopic (exact) mass is 539 g/mol. The van der Waals surface area contributed by atoms with Crippen molar-refractivity contribution in [3.63, 3.8) is 0 Å². The van der Waals surface area contributed by atoms with E-state index in [1.54, 1.807) is 30.3 Å². The van der Waals surface area contributed by atoms with Gasteiger partial charge >= 0.3 is 6.55 Å². The number of piperidine rings is 1. The number of ether oxygens (including phenoxy) is 2. The molecule has 1 aromatic heterocycles. The Labute approximate surface area is 222 Å². The molecule has 6 rings (SSSR count). The molecule has 1 saturated heterocycles. The third kappa shape index (κ3) is 6.00. The maximum atomic E-state index is 13.3. The predicted octanol–water partition coefficient (Wildman–Crippen LogP) is 2.69. The highest BCUT2D eigenvalue weighted by Gasteiger charge is 2.35. The molecular formula is C27H27F2N5O5. The second-order valence-electron chi connectivity index (χ2n) is 9.42. The van der Waals surface area contributed by atoms with Gasteiger partial charge in [0.25, 0.3) is 17.7 Å². The smallest absolute Gasteiger partial charge is 0.333 e. The number of hydrogen-bond donors (Lipinski definition) is 2. The molecule has 10 nitrogen and oxygen atoms in total. The Morgan fingerprint density at radius 1 is 1.13 bits per heavy atom.